The second-order valence-corrected chi connectivity index (χ2v) is 7.97. The van der Waals surface area contributed by atoms with Crippen LogP contribution in [-0.4, -0.2) is 44.3 Å². The van der Waals surface area contributed by atoms with Gasteiger partial charge in [0.2, 0.25) is 0 Å². The summed E-state index contributed by atoms with van der Waals surface area (Å²) in [5.74, 6) is -1.43. The molecule has 0 bridgehead atoms. The molecule has 170 valence electrons. The van der Waals surface area contributed by atoms with Crippen LogP contribution in [-0.2, 0) is 19.1 Å². The molecule has 1 aliphatic rings. The van der Waals surface area contributed by atoms with Crippen molar-refractivity contribution in [3.8, 4) is 0 Å². The third-order valence-corrected chi connectivity index (χ3v) is 5.67. The van der Waals surface area contributed by atoms with Gasteiger partial charge >= 0.3 is 5.97 Å². The Bertz CT molecular complexity index is 1010. The highest BCUT2D eigenvalue weighted by molar-refractivity contribution is 5.96. The van der Waals surface area contributed by atoms with Crippen LogP contribution in [0.25, 0.3) is 0 Å². The summed E-state index contributed by atoms with van der Waals surface area (Å²) in [7, 11) is 0. The standard InChI is InChI=1S/C27H28N2O4/c1-20(26(30)28-23-12-14-24(15-13-23)29-16-18-32-19-17-29)33-27(31)25(21-8-4-2-5-9-21)22-10-6-3-7-11-22/h2-15,20,25H,16-19H2,1H3,(H,28,30)/t20-/m1/s1. The molecule has 1 amide bonds. The molecule has 1 heterocycles. The molecule has 1 aliphatic heterocycles. The molecule has 0 aromatic heterocycles. The molecule has 0 unspecified atom stereocenters. The van der Waals surface area contributed by atoms with Crippen LogP contribution < -0.4 is 10.2 Å². The zero-order valence-electron chi connectivity index (χ0n) is 18.6. The summed E-state index contributed by atoms with van der Waals surface area (Å²) in [6, 6.07) is 26.5. The van der Waals surface area contributed by atoms with Gasteiger partial charge in [-0.3, -0.25) is 9.59 Å². The molecule has 6 heteroatoms. The Morgan fingerprint density at radius 2 is 1.39 bits per heavy atom. The van der Waals surface area contributed by atoms with E-state index >= 15 is 0 Å². The maximum atomic E-state index is 13.1. The number of anilines is 2. The number of hydrogen-bond donors (Lipinski definition) is 1. The topological polar surface area (TPSA) is 67.9 Å². The Balaban J connectivity index is 1.40. The van der Waals surface area contributed by atoms with Gasteiger partial charge in [0.1, 0.15) is 5.92 Å². The average Bonchev–Trinajstić information content (AvgIpc) is 2.86. The van der Waals surface area contributed by atoms with Gasteiger partial charge in [-0.25, -0.2) is 0 Å². The number of carbonyl (C=O) groups is 2. The number of nitrogens with one attached hydrogen (secondary N) is 1. The molecule has 6 nitrogen and oxygen atoms in total. The van der Waals surface area contributed by atoms with E-state index in [4.69, 9.17) is 9.47 Å². The maximum absolute atomic E-state index is 13.1. The van der Waals surface area contributed by atoms with Crippen molar-refractivity contribution in [1.29, 1.82) is 0 Å². The molecule has 33 heavy (non-hydrogen) atoms. The average molecular weight is 445 g/mol. The fraction of sp³-hybridized carbons (Fsp3) is 0.259. The first kappa shape index (κ1) is 22.6. The lowest BCUT2D eigenvalue weighted by Crippen LogP contribution is -2.36. The maximum Gasteiger partial charge on any atom is 0.318 e. The van der Waals surface area contributed by atoms with E-state index in [0.29, 0.717) is 18.9 Å². The minimum Gasteiger partial charge on any atom is -0.452 e. The molecule has 1 saturated heterocycles. The number of carbonyl (C=O) groups excluding carboxylic acids is 2. The third kappa shape index (κ3) is 5.79. The van der Waals surface area contributed by atoms with Crippen LogP contribution in [0.15, 0.2) is 84.9 Å². The van der Waals surface area contributed by atoms with Crippen LogP contribution in [0.2, 0.25) is 0 Å². The van der Waals surface area contributed by atoms with Gasteiger partial charge in [-0.15, -0.1) is 0 Å². The lowest BCUT2D eigenvalue weighted by atomic mass is 9.91. The van der Waals surface area contributed by atoms with Crippen molar-refractivity contribution in [3.05, 3.63) is 96.1 Å². The van der Waals surface area contributed by atoms with Gasteiger partial charge < -0.3 is 19.7 Å². The van der Waals surface area contributed by atoms with Crippen molar-refractivity contribution < 1.29 is 19.1 Å². The number of ether oxygens (including phenoxy) is 2. The summed E-state index contributed by atoms with van der Waals surface area (Å²) in [6.45, 7) is 4.72. The number of morpholine rings is 1. The number of rotatable bonds is 7. The van der Waals surface area contributed by atoms with Crippen molar-refractivity contribution in [2.75, 3.05) is 36.5 Å². The minimum absolute atomic E-state index is 0.373. The van der Waals surface area contributed by atoms with Gasteiger partial charge in [-0.1, -0.05) is 60.7 Å². The third-order valence-electron chi connectivity index (χ3n) is 5.67. The van der Waals surface area contributed by atoms with Gasteiger partial charge in [0, 0.05) is 24.5 Å². The van der Waals surface area contributed by atoms with E-state index in [-0.39, 0.29) is 5.91 Å². The van der Waals surface area contributed by atoms with Crippen molar-refractivity contribution in [1.82, 2.24) is 0 Å². The van der Waals surface area contributed by atoms with Crippen molar-refractivity contribution in [3.63, 3.8) is 0 Å². The normalized spacial score (nSPS) is 14.5. The van der Waals surface area contributed by atoms with Crippen molar-refractivity contribution in [2.24, 2.45) is 0 Å². The first-order valence-electron chi connectivity index (χ1n) is 11.2. The Labute approximate surface area is 194 Å². The van der Waals surface area contributed by atoms with Gasteiger partial charge in [-0.05, 0) is 42.3 Å². The molecule has 0 radical (unpaired) electrons. The van der Waals surface area contributed by atoms with E-state index in [1.54, 1.807) is 6.92 Å². The van der Waals surface area contributed by atoms with Gasteiger partial charge in [0.25, 0.3) is 5.91 Å². The lowest BCUT2D eigenvalue weighted by molar-refractivity contribution is -0.153. The molecule has 1 atom stereocenters. The number of benzene rings is 3. The van der Waals surface area contributed by atoms with Crippen LogP contribution in [0.3, 0.4) is 0 Å². The first-order chi connectivity index (χ1) is 16.1. The molecule has 0 spiro atoms. The van der Waals surface area contributed by atoms with E-state index in [0.717, 1.165) is 29.9 Å². The highest BCUT2D eigenvalue weighted by Crippen LogP contribution is 2.27. The summed E-state index contributed by atoms with van der Waals surface area (Å²) in [5, 5.41) is 2.84. The molecule has 3 aromatic carbocycles. The predicted molar refractivity (Wildman–Crippen MR) is 128 cm³/mol. The van der Waals surface area contributed by atoms with Crippen LogP contribution in [0, 0.1) is 0 Å². The van der Waals surface area contributed by atoms with Crippen molar-refractivity contribution in [2.45, 2.75) is 18.9 Å². The van der Waals surface area contributed by atoms with Gasteiger partial charge in [0.05, 0.1) is 13.2 Å². The molecule has 4 rings (SSSR count). The quantitative estimate of drug-likeness (QED) is 0.553. The largest absolute Gasteiger partial charge is 0.452 e. The number of esters is 1. The van der Waals surface area contributed by atoms with Crippen LogP contribution in [0.1, 0.15) is 24.0 Å². The van der Waals surface area contributed by atoms with Crippen LogP contribution in [0.5, 0.6) is 0 Å². The Morgan fingerprint density at radius 1 is 0.848 bits per heavy atom. The smallest absolute Gasteiger partial charge is 0.318 e. The van der Waals surface area contributed by atoms with Gasteiger partial charge in [-0.2, -0.15) is 0 Å². The summed E-state index contributed by atoms with van der Waals surface area (Å²) in [6.07, 6.45) is -0.939. The zero-order valence-corrected chi connectivity index (χ0v) is 18.6. The van der Waals surface area contributed by atoms with E-state index in [9.17, 15) is 9.59 Å². The fourth-order valence-electron chi connectivity index (χ4n) is 3.87. The lowest BCUT2D eigenvalue weighted by Gasteiger charge is -2.29. The van der Waals surface area contributed by atoms with E-state index in [1.807, 2.05) is 84.9 Å². The Kier molecular flexibility index (Phi) is 7.37. The zero-order chi connectivity index (χ0) is 23.0. The summed E-state index contributed by atoms with van der Waals surface area (Å²) >= 11 is 0. The highest BCUT2D eigenvalue weighted by atomic mass is 16.5. The number of hydrogen-bond acceptors (Lipinski definition) is 5. The minimum atomic E-state index is -0.939. The molecule has 0 aliphatic carbocycles. The summed E-state index contributed by atoms with van der Waals surface area (Å²) in [4.78, 5) is 28.1. The molecular formula is C27H28N2O4. The Morgan fingerprint density at radius 3 is 1.94 bits per heavy atom. The summed E-state index contributed by atoms with van der Waals surface area (Å²) in [5.41, 5.74) is 3.38. The molecule has 3 aromatic rings. The molecule has 1 fully saturated rings. The number of amides is 1. The molecule has 1 N–H and O–H groups in total. The molecular weight excluding hydrogens is 416 g/mol. The SMILES string of the molecule is C[C@@H](OC(=O)C(c1ccccc1)c1ccccc1)C(=O)Nc1ccc(N2CCOCC2)cc1. The highest BCUT2D eigenvalue weighted by Gasteiger charge is 2.28. The first-order valence-corrected chi connectivity index (χ1v) is 11.2. The van der Waals surface area contributed by atoms with Crippen LogP contribution in [0.4, 0.5) is 11.4 Å². The summed E-state index contributed by atoms with van der Waals surface area (Å²) < 4.78 is 11.0. The van der Waals surface area contributed by atoms with E-state index < -0.39 is 18.0 Å². The van der Waals surface area contributed by atoms with E-state index in [2.05, 4.69) is 10.2 Å². The predicted octanol–water partition coefficient (Wildman–Crippen LogP) is 4.23. The van der Waals surface area contributed by atoms with E-state index in [1.165, 1.54) is 0 Å². The van der Waals surface area contributed by atoms with Gasteiger partial charge in [0.15, 0.2) is 6.10 Å². The van der Waals surface area contributed by atoms with Crippen molar-refractivity contribution >= 4 is 23.3 Å². The Hall–Kier alpha value is -3.64. The monoisotopic (exact) mass is 444 g/mol. The second-order valence-electron chi connectivity index (χ2n) is 7.97. The fourth-order valence-corrected chi connectivity index (χ4v) is 3.87. The second kappa shape index (κ2) is 10.8. The number of nitrogens with zero attached hydrogens (tertiary/aromatic N) is 1. The molecule has 0 saturated carbocycles. The van der Waals surface area contributed by atoms with Crippen LogP contribution >= 0.6 is 0 Å².